The summed E-state index contributed by atoms with van der Waals surface area (Å²) in [5, 5.41) is 0.401. The molecule has 0 unspecified atom stereocenters. The van der Waals surface area contributed by atoms with E-state index in [9.17, 15) is 14.4 Å². The van der Waals surface area contributed by atoms with Crippen LogP contribution in [0, 0.1) is 0 Å². The predicted octanol–water partition coefficient (Wildman–Crippen LogP) is 1.58. The average Bonchev–Trinajstić information content (AvgIpc) is 2.79. The molecule has 0 saturated carbocycles. The van der Waals surface area contributed by atoms with Crippen molar-refractivity contribution < 1.29 is 19.1 Å². The third kappa shape index (κ3) is 5.59. The summed E-state index contributed by atoms with van der Waals surface area (Å²) in [5.41, 5.74) is 5.90. The van der Waals surface area contributed by atoms with E-state index in [2.05, 4.69) is 15.8 Å². The minimum atomic E-state index is -0.338. The Morgan fingerprint density at radius 3 is 2.39 bits per heavy atom. The number of nitrogens with one attached hydrogen (secondary N) is 2. The topological polar surface area (TPSA) is 112 Å². The highest BCUT2D eigenvalue weighted by atomic mass is 16.5. The van der Waals surface area contributed by atoms with Crippen LogP contribution in [0.25, 0.3) is 10.9 Å². The van der Waals surface area contributed by atoms with Crippen LogP contribution in [0.1, 0.15) is 18.4 Å². The fourth-order valence-electron chi connectivity index (χ4n) is 3.08. The number of methoxy groups -OCH3 is 2. The van der Waals surface area contributed by atoms with Gasteiger partial charge in [-0.25, -0.2) is 4.98 Å². The lowest BCUT2D eigenvalue weighted by Gasteiger charge is -2.11. The summed E-state index contributed by atoms with van der Waals surface area (Å²) >= 11 is 0. The first kappa shape index (κ1) is 21.8. The van der Waals surface area contributed by atoms with Crippen LogP contribution in [0.4, 0.5) is 0 Å². The Bertz CT molecular complexity index is 1130. The highest BCUT2D eigenvalue weighted by molar-refractivity contribution is 5.83. The zero-order chi connectivity index (χ0) is 22.2. The van der Waals surface area contributed by atoms with Crippen molar-refractivity contribution in [2.75, 3.05) is 14.2 Å². The molecule has 0 aliphatic rings. The first-order valence-corrected chi connectivity index (χ1v) is 9.74. The third-order valence-electron chi connectivity index (χ3n) is 4.68. The standard InChI is InChI=1S/C22H24N4O5/c1-30-18-12-16-17(13-19(18)31-2)23-14-26(22(16)29)10-6-9-20(27)24-25-21(28)11-15-7-4-3-5-8-15/h3-5,7-8,12-14H,6,9-11H2,1-2H3,(H,24,27)(H,25,28). The fourth-order valence-corrected chi connectivity index (χ4v) is 3.08. The van der Waals surface area contributed by atoms with Crippen molar-refractivity contribution in [1.29, 1.82) is 0 Å². The first-order chi connectivity index (χ1) is 15.0. The highest BCUT2D eigenvalue weighted by Crippen LogP contribution is 2.29. The number of aromatic nitrogens is 2. The van der Waals surface area contributed by atoms with Gasteiger partial charge in [-0.2, -0.15) is 0 Å². The molecular weight excluding hydrogens is 400 g/mol. The van der Waals surface area contributed by atoms with Crippen molar-refractivity contribution in [1.82, 2.24) is 20.4 Å². The second-order valence-corrected chi connectivity index (χ2v) is 6.83. The second kappa shape index (κ2) is 10.2. The Kier molecular flexibility index (Phi) is 7.21. The summed E-state index contributed by atoms with van der Waals surface area (Å²) in [5.74, 6) is 0.288. The van der Waals surface area contributed by atoms with Gasteiger partial charge in [-0.3, -0.25) is 29.8 Å². The second-order valence-electron chi connectivity index (χ2n) is 6.83. The van der Waals surface area contributed by atoms with E-state index in [-0.39, 0.29) is 30.2 Å². The molecule has 1 aromatic heterocycles. The van der Waals surface area contributed by atoms with Gasteiger partial charge >= 0.3 is 0 Å². The van der Waals surface area contributed by atoms with Gasteiger partial charge in [0.1, 0.15) is 0 Å². The van der Waals surface area contributed by atoms with Crippen molar-refractivity contribution in [3.8, 4) is 11.5 Å². The van der Waals surface area contributed by atoms with Gasteiger partial charge in [0, 0.05) is 19.0 Å². The molecule has 0 atom stereocenters. The Labute approximate surface area is 179 Å². The zero-order valence-corrected chi connectivity index (χ0v) is 17.4. The van der Waals surface area contributed by atoms with E-state index in [0.717, 1.165) is 5.56 Å². The van der Waals surface area contributed by atoms with E-state index in [1.807, 2.05) is 30.3 Å². The molecule has 0 saturated heterocycles. The van der Waals surface area contributed by atoms with Crippen molar-refractivity contribution in [2.45, 2.75) is 25.8 Å². The van der Waals surface area contributed by atoms with E-state index in [4.69, 9.17) is 9.47 Å². The van der Waals surface area contributed by atoms with E-state index in [1.54, 1.807) is 12.1 Å². The van der Waals surface area contributed by atoms with E-state index < -0.39 is 0 Å². The van der Waals surface area contributed by atoms with Crippen molar-refractivity contribution >= 4 is 22.7 Å². The maximum Gasteiger partial charge on any atom is 0.261 e. The zero-order valence-electron chi connectivity index (χ0n) is 17.4. The van der Waals surface area contributed by atoms with Crippen LogP contribution in [0.3, 0.4) is 0 Å². The molecule has 0 aliphatic heterocycles. The van der Waals surface area contributed by atoms with Crippen LogP contribution >= 0.6 is 0 Å². The minimum Gasteiger partial charge on any atom is -0.493 e. The Balaban J connectivity index is 1.52. The molecule has 0 spiro atoms. The number of nitrogens with zero attached hydrogens (tertiary/aromatic N) is 2. The molecule has 2 aromatic carbocycles. The summed E-state index contributed by atoms with van der Waals surface area (Å²) in [6, 6.07) is 12.5. The van der Waals surface area contributed by atoms with E-state index in [1.165, 1.54) is 25.1 Å². The molecule has 3 aromatic rings. The molecule has 0 fully saturated rings. The molecule has 31 heavy (non-hydrogen) atoms. The maximum atomic E-state index is 12.7. The lowest BCUT2D eigenvalue weighted by atomic mass is 10.1. The molecule has 0 aliphatic carbocycles. The van der Waals surface area contributed by atoms with Crippen molar-refractivity contribution in [3.05, 3.63) is 64.7 Å². The number of ether oxygens (including phenoxy) is 2. The smallest absolute Gasteiger partial charge is 0.261 e. The molecule has 3 rings (SSSR count). The minimum absolute atomic E-state index is 0.141. The Morgan fingerprint density at radius 1 is 1.00 bits per heavy atom. The van der Waals surface area contributed by atoms with Gasteiger partial charge in [-0.05, 0) is 18.1 Å². The summed E-state index contributed by atoms with van der Waals surface area (Å²) in [6.45, 7) is 0.307. The number of carbonyl (C=O) groups is 2. The van der Waals surface area contributed by atoms with Gasteiger partial charge in [0.15, 0.2) is 11.5 Å². The number of carbonyl (C=O) groups excluding carboxylic acids is 2. The molecule has 1 heterocycles. The van der Waals surface area contributed by atoms with E-state index in [0.29, 0.717) is 35.4 Å². The number of aryl methyl sites for hydroxylation is 1. The normalized spacial score (nSPS) is 10.5. The Hall–Kier alpha value is -3.88. The van der Waals surface area contributed by atoms with Gasteiger partial charge in [0.2, 0.25) is 11.8 Å². The summed E-state index contributed by atoms with van der Waals surface area (Å²) in [4.78, 5) is 40.9. The molecule has 9 heteroatoms. The van der Waals surface area contributed by atoms with Gasteiger partial charge in [0.05, 0.1) is 37.9 Å². The lowest BCUT2D eigenvalue weighted by Crippen LogP contribution is -2.42. The van der Waals surface area contributed by atoms with Crippen molar-refractivity contribution in [3.63, 3.8) is 0 Å². The molecule has 162 valence electrons. The molecule has 0 bridgehead atoms. The van der Waals surface area contributed by atoms with Gasteiger partial charge in [-0.15, -0.1) is 0 Å². The maximum absolute atomic E-state index is 12.7. The van der Waals surface area contributed by atoms with Crippen LogP contribution in [0.15, 0.2) is 53.6 Å². The summed E-state index contributed by atoms with van der Waals surface area (Å²) < 4.78 is 11.9. The number of hydrogen-bond donors (Lipinski definition) is 2. The molecule has 2 N–H and O–H groups in total. The third-order valence-corrected chi connectivity index (χ3v) is 4.68. The SMILES string of the molecule is COc1cc2ncn(CCCC(=O)NNC(=O)Cc3ccccc3)c(=O)c2cc1OC. The number of benzene rings is 2. The number of rotatable bonds is 8. The molecule has 9 nitrogen and oxygen atoms in total. The lowest BCUT2D eigenvalue weighted by molar-refractivity contribution is -0.128. The quantitative estimate of drug-likeness (QED) is 0.531. The number of hydrazine groups is 1. The average molecular weight is 424 g/mol. The van der Waals surface area contributed by atoms with Crippen LogP contribution < -0.4 is 25.9 Å². The molecule has 0 radical (unpaired) electrons. The van der Waals surface area contributed by atoms with Gasteiger partial charge in [0.25, 0.3) is 5.56 Å². The van der Waals surface area contributed by atoms with Gasteiger partial charge in [-0.1, -0.05) is 30.3 Å². The van der Waals surface area contributed by atoms with Crippen LogP contribution in [0.5, 0.6) is 11.5 Å². The van der Waals surface area contributed by atoms with Crippen molar-refractivity contribution in [2.24, 2.45) is 0 Å². The fraction of sp³-hybridized carbons (Fsp3) is 0.273. The number of amides is 2. The highest BCUT2D eigenvalue weighted by Gasteiger charge is 2.11. The first-order valence-electron chi connectivity index (χ1n) is 9.74. The monoisotopic (exact) mass is 424 g/mol. The van der Waals surface area contributed by atoms with E-state index >= 15 is 0 Å². The van der Waals surface area contributed by atoms with Crippen LogP contribution in [-0.2, 0) is 22.6 Å². The molecule has 2 amide bonds. The summed E-state index contributed by atoms with van der Waals surface area (Å²) in [7, 11) is 3.01. The summed E-state index contributed by atoms with van der Waals surface area (Å²) in [6.07, 6.45) is 2.16. The largest absolute Gasteiger partial charge is 0.493 e. The van der Waals surface area contributed by atoms with Crippen LogP contribution in [0.2, 0.25) is 0 Å². The van der Waals surface area contributed by atoms with Crippen LogP contribution in [-0.4, -0.2) is 35.6 Å². The Morgan fingerprint density at radius 2 is 1.68 bits per heavy atom. The number of hydrogen-bond acceptors (Lipinski definition) is 6. The van der Waals surface area contributed by atoms with Gasteiger partial charge < -0.3 is 9.47 Å². The number of fused-ring (bicyclic) bond motifs is 1. The predicted molar refractivity (Wildman–Crippen MR) is 115 cm³/mol. The molecular formula is C22H24N4O5.